The summed E-state index contributed by atoms with van der Waals surface area (Å²) in [4.78, 5) is 5.12. The lowest BCUT2D eigenvalue weighted by Crippen LogP contribution is -2.09. The number of hydrogen-bond donors (Lipinski definition) is 0. The molecule has 1 aromatic carbocycles. The summed E-state index contributed by atoms with van der Waals surface area (Å²) < 4.78 is 0. The molecule has 5 heteroatoms. The van der Waals surface area contributed by atoms with E-state index in [0.717, 1.165) is 11.3 Å². The van der Waals surface area contributed by atoms with E-state index in [4.69, 9.17) is 39.6 Å². The van der Waals surface area contributed by atoms with Crippen LogP contribution in [0.3, 0.4) is 0 Å². The van der Waals surface area contributed by atoms with E-state index in [2.05, 4.69) is 5.16 Å². The Morgan fingerprint density at radius 3 is 2.87 bits per heavy atom. The number of alkyl halides is 1. The van der Waals surface area contributed by atoms with Gasteiger partial charge in [-0.05, 0) is 6.07 Å². The zero-order valence-electron chi connectivity index (χ0n) is 7.71. The summed E-state index contributed by atoms with van der Waals surface area (Å²) in [6.07, 6.45) is 0.612. The van der Waals surface area contributed by atoms with Crippen molar-refractivity contribution in [2.45, 2.75) is 12.5 Å². The van der Waals surface area contributed by atoms with Crippen LogP contribution in [0, 0.1) is 0 Å². The first-order chi connectivity index (χ1) is 7.22. The summed E-state index contributed by atoms with van der Waals surface area (Å²) in [5, 5.41) is 4.98. The topological polar surface area (TPSA) is 21.6 Å². The molecule has 0 bridgehead atoms. The first kappa shape index (κ1) is 11.1. The van der Waals surface area contributed by atoms with E-state index in [1.165, 1.54) is 0 Å². The third-order valence-corrected chi connectivity index (χ3v) is 3.33. The Morgan fingerprint density at radius 2 is 2.20 bits per heavy atom. The summed E-state index contributed by atoms with van der Waals surface area (Å²) >= 11 is 17.6. The summed E-state index contributed by atoms with van der Waals surface area (Å²) in [5.41, 5.74) is 1.62. The van der Waals surface area contributed by atoms with E-state index in [1.807, 2.05) is 12.1 Å². The number of hydrogen-bond acceptors (Lipinski definition) is 2. The molecule has 0 saturated heterocycles. The smallest absolute Gasteiger partial charge is 0.146 e. The van der Waals surface area contributed by atoms with Gasteiger partial charge in [0.2, 0.25) is 0 Å². The van der Waals surface area contributed by atoms with Crippen LogP contribution in [0.5, 0.6) is 0 Å². The minimum Gasteiger partial charge on any atom is -0.391 e. The molecule has 1 atom stereocenters. The number of oxime groups is 1. The third kappa shape index (κ3) is 2.22. The van der Waals surface area contributed by atoms with Gasteiger partial charge in [0.15, 0.2) is 0 Å². The van der Waals surface area contributed by atoms with Gasteiger partial charge in [-0.1, -0.05) is 40.5 Å². The molecule has 15 heavy (non-hydrogen) atoms. The molecule has 0 aliphatic carbocycles. The Balaban J connectivity index is 2.28. The predicted molar refractivity (Wildman–Crippen MR) is 63.2 cm³/mol. The maximum absolute atomic E-state index is 6.06. The van der Waals surface area contributed by atoms with Crippen LogP contribution in [0.15, 0.2) is 23.4 Å². The second-order valence-corrected chi connectivity index (χ2v) is 4.32. The Bertz CT molecular complexity index is 406. The van der Waals surface area contributed by atoms with Crippen molar-refractivity contribution in [2.24, 2.45) is 5.16 Å². The van der Waals surface area contributed by atoms with Crippen molar-refractivity contribution in [3.63, 3.8) is 0 Å². The van der Waals surface area contributed by atoms with Crippen LogP contribution in [0.4, 0.5) is 0 Å². The minimum absolute atomic E-state index is 0.0586. The first-order valence-electron chi connectivity index (χ1n) is 4.45. The van der Waals surface area contributed by atoms with Crippen LogP contribution in [0.1, 0.15) is 12.0 Å². The predicted octanol–water partition coefficient (Wildman–Crippen LogP) is 3.73. The van der Waals surface area contributed by atoms with Crippen LogP contribution in [0.2, 0.25) is 10.0 Å². The van der Waals surface area contributed by atoms with Crippen molar-refractivity contribution in [2.75, 3.05) is 5.88 Å². The molecule has 0 N–H and O–H groups in total. The summed E-state index contributed by atoms with van der Waals surface area (Å²) in [6.45, 7) is 0. The first-order valence-corrected chi connectivity index (χ1v) is 5.74. The molecule has 1 aromatic rings. The summed E-state index contributed by atoms with van der Waals surface area (Å²) in [5.74, 6) is 0.422. The molecule has 0 aromatic heterocycles. The van der Waals surface area contributed by atoms with E-state index >= 15 is 0 Å². The van der Waals surface area contributed by atoms with E-state index < -0.39 is 0 Å². The Hall–Kier alpha value is -0.440. The van der Waals surface area contributed by atoms with Crippen molar-refractivity contribution < 1.29 is 4.84 Å². The average Bonchev–Trinajstić information content (AvgIpc) is 2.70. The zero-order chi connectivity index (χ0) is 10.8. The van der Waals surface area contributed by atoms with Crippen molar-refractivity contribution >= 4 is 40.5 Å². The monoisotopic (exact) mass is 263 g/mol. The van der Waals surface area contributed by atoms with Crippen LogP contribution in [-0.4, -0.2) is 17.7 Å². The molecule has 0 radical (unpaired) electrons. The standard InChI is InChI=1S/C10H8Cl3NO/c11-5-6-4-9(14-15-6)7-2-1-3-8(12)10(7)13/h1-3,6H,4-5H2. The van der Waals surface area contributed by atoms with Crippen molar-refractivity contribution in [1.29, 1.82) is 0 Å². The van der Waals surface area contributed by atoms with Crippen molar-refractivity contribution in [3.8, 4) is 0 Å². The fraction of sp³-hybridized carbons (Fsp3) is 0.300. The van der Waals surface area contributed by atoms with Gasteiger partial charge < -0.3 is 4.84 Å². The van der Waals surface area contributed by atoms with E-state index in [9.17, 15) is 0 Å². The molecule has 0 amide bonds. The van der Waals surface area contributed by atoms with Gasteiger partial charge in [-0.2, -0.15) is 0 Å². The second-order valence-electron chi connectivity index (χ2n) is 3.23. The summed E-state index contributed by atoms with van der Waals surface area (Å²) in [6, 6.07) is 5.44. The maximum atomic E-state index is 6.06. The van der Waals surface area contributed by atoms with E-state index in [1.54, 1.807) is 6.07 Å². The molecule has 1 aliphatic heterocycles. The van der Waals surface area contributed by atoms with E-state index in [-0.39, 0.29) is 6.10 Å². The fourth-order valence-corrected chi connectivity index (χ4v) is 1.97. The number of rotatable bonds is 2. The maximum Gasteiger partial charge on any atom is 0.146 e. The van der Waals surface area contributed by atoms with Crippen LogP contribution >= 0.6 is 34.8 Å². The molecule has 2 nitrogen and oxygen atoms in total. The summed E-state index contributed by atoms with van der Waals surface area (Å²) in [7, 11) is 0. The largest absolute Gasteiger partial charge is 0.391 e. The second kappa shape index (κ2) is 4.60. The van der Waals surface area contributed by atoms with Crippen LogP contribution in [0.25, 0.3) is 0 Å². The SMILES string of the molecule is ClCC1CC(c2cccc(Cl)c2Cl)=NO1. The van der Waals surface area contributed by atoms with Gasteiger partial charge in [-0.25, -0.2) is 0 Å². The fourth-order valence-electron chi connectivity index (χ4n) is 1.40. The minimum atomic E-state index is -0.0586. The average molecular weight is 265 g/mol. The van der Waals surface area contributed by atoms with Gasteiger partial charge >= 0.3 is 0 Å². The molecule has 0 fully saturated rings. The molecule has 1 unspecified atom stereocenters. The number of benzene rings is 1. The number of nitrogens with zero attached hydrogens (tertiary/aromatic N) is 1. The number of halogens is 3. The molecular weight excluding hydrogens is 256 g/mol. The highest BCUT2D eigenvalue weighted by Crippen LogP contribution is 2.29. The lowest BCUT2D eigenvalue weighted by atomic mass is 10.1. The highest BCUT2D eigenvalue weighted by molar-refractivity contribution is 6.44. The Kier molecular flexibility index (Phi) is 3.39. The van der Waals surface area contributed by atoms with Crippen LogP contribution in [-0.2, 0) is 4.84 Å². The van der Waals surface area contributed by atoms with Gasteiger partial charge in [-0.3, -0.25) is 0 Å². The van der Waals surface area contributed by atoms with Crippen molar-refractivity contribution in [3.05, 3.63) is 33.8 Å². The van der Waals surface area contributed by atoms with Gasteiger partial charge in [0, 0.05) is 12.0 Å². The highest BCUT2D eigenvalue weighted by Gasteiger charge is 2.23. The zero-order valence-corrected chi connectivity index (χ0v) is 9.98. The highest BCUT2D eigenvalue weighted by atomic mass is 35.5. The quantitative estimate of drug-likeness (QED) is 0.746. The molecule has 0 spiro atoms. The molecule has 2 rings (SSSR count). The van der Waals surface area contributed by atoms with Gasteiger partial charge in [0.1, 0.15) is 6.10 Å². The van der Waals surface area contributed by atoms with Gasteiger partial charge in [0.25, 0.3) is 0 Å². The van der Waals surface area contributed by atoms with Gasteiger partial charge in [-0.15, -0.1) is 11.6 Å². The Labute approximate surface area is 103 Å². The molecule has 1 heterocycles. The molecule has 80 valence electrons. The Morgan fingerprint density at radius 1 is 1.40 bits per heavy atom. The van der Waals surface area contributed by atoms with E-state index in [0.29, 0.717) is 22.3 Å². The molecule has 0 saturated carbocycles. The van der Waals surface area contributed by atoms with Gasteiger partial charge in [0.05, 0.1) is 21.6 Å². The molecular formula is C10H8Cl3NO. The lowest BCUT2D eigenvalue weighted by molar-refractivity contribution is 0.102. The third-order valence-electron chi connectivity index (χ3n) is 2.17. The molecule has 1 aliphatic rings. The normalized spacial score (nSPS) is 19.9. The van der Waals surface area contributed by atoms with Crippen LogP contribution < -0.4 is 0 Å². The lowest BCUT2D eigenvalue weighted by Gasteiger charge is -2.04. The van der Waals surface area contributed by atoms with Crippen molar-refractivity contribution in [1.82, 2.24) is 0 Å².